The van der Waals surface area contributed by atoms with Gasteiger partial charge in [-0.05, 0) is 30.4 Å². The summed E-state index contributed by atoms with van der Waals surface area (Å²) in [6.07, 6.45) is 4.15. The smallest absolute Gasteiger partial charge is 0.0266 e. The fourth-order valence-electron chi connectivity index (χ4n) is 1.93. The van der Waals surface area contributed by atoms with E-state index < -0.39 is 0 Å². The van der Waals surface area contributed by atoms with Gasteiger partial charge < -0.3 is 0 Å². The van der Waals surface area contributed by atoms with E-state index in [1.54, 1.807) is 0 Å². The van der Waals surface area contributed by atoms with Crippen molar-refractivity contribution in [1.82, 2.24) is 0 Å². The van der Waals surface area contributed by atoms with E-state index in [2.05, 4.69) is 56.2 Å². The molecule has 0 radical (unpaired) electrons. The van der Waals surface area contributed by atoms with Crippen LogP contribution in [0.3, 0.4) is 0 Å². The minimum absolute atomic E-state index is 0.576. The average molecular weight is 213 g/mol. The highest BCUT2D eigenvalue weighted by Gasteiger charge is 2.13. The molecule has 0 spiro atoms. The summed E-state index contributed by atoms with van der Waals surface area (Å²) in [5, 5.41) is 0. The third kappa shape index (κ3) is 2.60. The zero-order valence-electron chi connectivity index (χ0n) is 10.3. The quantitative estimate of drug-likeness (QED) is 0.721. The van der Waals surface area contributed by atoms with Crippen molar-refractivity contribution in [3.63, 3.8) is 0 Å². The largest absolute Gasteiger partial charge is 0.265 e. The molecule has 1 aromatic carbocycles. The van der Waals surface area contributed by atoms with E-state index in [1.807, 2.05) is 0 Å². The number of nitrogens with zero attached hydrogens (tertiary/aromatic N) is 1. The zero-order valence-corrected chi connectivity index (χ0v) is 10.3. The standard InChI is InChI=1S/C15H19N/c1-11(2)15-9-14(10-16-15)8-13-6-4-12(3)5-7-13/h4-7,10-11H,8-9H2,1-3H3. The van der Waals surface area contributed by atoms with Crippen LogP contribution in [0.1, 0.15) is 31.4 Å². The maximum Gasteiger partial charge on any atom is 0.0266 e. The minimum atomic E-state index is 0.576. The highest BCUT2D eigenvalue weighted by atomic mass is 14.7. The molecule has 2 rings (SSSR count). The number of hydrogen-bond donors (Lipinski definition) is 0. The van der Waals surface area contributed by atoms with E-state index in [0.717, 1.165) is 12.8 Å². The predicted octanol–water partition coefficient (Wildman–Crippen LogP) is 3.92. The van der Waals surface area contributed by atoms with Crippen molar-refractivity contribution in [2.24, 2.45) is 10.9 Å². The lowest BCUT2D eigenvalue weighted by molar-refractivity contribution is 0.866. The summed E-state index contributed by atoms with van der Waals surface area (Å²) in [5.74, 6) is 0.576. The fourth-order valence-corrected chi connectivity index (χ4v) is 1.93. The Morgan fingerprint density at radius 3 is 2.44 bits per heavy atom. The summed E-state index contributed by atoms with van der Waals surface area (Å²) in [4.78, 5) is 4.48. The first kappa shape index (κ1) is 11.1. The summed E-state index contributed by atoms with van der Waals surface area (Å²) >= 11 is 0. The van der Waals surface area contributed by atoms with Crippen LogP contribution in [-0.2, 0) is 6.42 Å². The molecule has 0 saturated carbocycles. The second-order valence-electron chi connectivity index (χ2n) is 4.90. The van der Waals surface area contributed by atoms with E-state index >= 15 is 0 Å². The Morgan fingerprint density at radius 2 is 1.88 bits per heavy atom. The molecule has 0 atom stereocenters. The van der Waals surface area contributed by atoms with Crippen LogP contribution in [0.4, 0.5) is 0 Å². The number of rotatable bonds is 3. The van der Waals surface area contributed by atoms with Crippen molar-refractivity contribution in [3.8, 4) is 0 Å². The van der Waals surface area contributed by atoms with Gasteiger partial charge in [0.25, 0.3) is 0 Å². The van der Waals surface area contributed by atoms with Crippen LogP contribution in [0.25, 0.3) is 0 Å². The lowest BCUT2D eigenvalue weighted by atomic mass is 9.98. The van der Waals surface area contributed by atoms with Crippen LogP contribution in [0.2, 0.25) is 0 Å². The van der Waals surface area contributed by atoms with Gasteiger partial charge in [0.15, 0.2) is 0 Å². The summed E-state index contributed by atoms with van der Waals surface area (Å²) in [5.41, 5.74) is 5.47. The van der Waals surface area contributed by atoms with E-state index in [-0.39, 0.29) is 0 Å². The second-order valence-corrected chi connectivity index (χ2v) is 4.90. The fraction of sp³-hybridized carbons (Fsp3) is 0.400. The molecular formula is C15H19N. The summed E-state index contributed by atoms with van der Waals surface area (Å²) in [7, 11) is 0. The molecule has 0 saturated heterocycles. The molecule has 0 bridgehead atoms. The summed E-state index contributed by atoms with van der Waals surface area (Å²) < 4.78 is 0. The molecule has 16 heavy (non-hydrogen) atoms. The van der Waals surface area contributed by atoms with Crippen LogP contribution in [0, 0.1) is 12.8 Å². The number of hydrogen-bond acceptors (Lipinski definition) is 1. The summed E-state index contributed by atoms with van der Waals surface area (Å²) in [6, 6.07) is 8.77. The van der Waals surface area contributed by atoms with Crippen LogP contribution in [-0.4, -0.2) is 5.71 Å². The van der Waals surface area contributed by atoms with Crippen LogP contribution in [0.15, 0.2) is 41.0 Å². The lowest BCUT2D eigenvalue weighted by Crippen LogP contribution is -2.05. The zero-order chi connectivity index (χ0) is 11.5. The van der Waals surface area contributed by atoms with Crippen molar-refractivity contribution >= 4 is 5.71 Å². The topological polar surface area (TPSA) is 12.4 Å². The SMILES string of the molecule is Cc1ccc(CC2=CN=C(C(C)C)C2)cc1. The van der Waals surface area contributed by atoms with Gasteiger partial charge in [-0.3, -0.25) is 4.99 Å². The highest BCUT2D eigenvalue weighted by Crippen LogP contribution is 2.20. The minimum Gasteiger partial charge on any atom is -0.265 e. The molecule has 84 valence electrons. The third-order valence-corrected chi connectivity index (χ3v) is 3.04. The van der Waals surface area contributed by atoms with Crippen molar-refractivity contribution in [3.05, 3.63) is 47.2 Å². The van der Waals surface area contributed by atoms with E-state index in [0.29, 0.717) is 5.92 Å². The van der Waals surface area contributed by atoms with Crippen molar-refractivity contribution in [2.75, 3.05) is 0 Å². The van der Waals surface area contributed by atoms with Gasteiger partial charge >= 0.3 is 0 Å². The van der Waals surface area contributed by atoms with Gasteiger partial charge in [-0.15, -0.1) is 0 Å². The van der Waals surface area contributed by atoms with Gasteiger partial charge in [-0.25, -0.2) is 0 Å². The van der Waals surface area contributed by atoms with Crippen LogP contribution < -0.4 is 0 Å². The molecule has 1 aliphatic rings. The molecule has 1 aromatic rings. The molecule has 0 aliphatic carbocycles. The van der Waals surface area contributed by atoms with Gasteiger partial charge in [-0.1, -0.05) is 43.7 Å². The molecule has 1 heteroatoms. The Labute approximate surface area is 97.9 Å². The molecule has 1 nitrogen and oxygen atoms in total. The molecule has 0 unspecified atom stereocenters. The maximum absolute atomic E-state index is 4.48. The Morgan fingerprint density at radius 1 is 1.19 bits per heavy atom. The van der Waals surface area contributed by atoms with Crippen molar-refractivity contribution in [2.45, 2.75) is 33.6 Å². The van der Waals surface area contributed by atoms with Gasteiger partial charge in [-0.2, -0.15) is 0 Å². The molecular weight excluding hydrogens is 194 g/mol. The molecule has 0 amide bonds. The number of allylic oxidation sites excluding steroid dienone is 1. The first-order chi connectivity index (χ1) is 7.65. The normalized spacial score (nSPS) is 15.2. The van der Waals surface area contributed by atoms with Gasteiger partial charge in [0, 0.05) is 18.3 Å². The summed E-state index contributed by atoms with van der Waals surface area (Å²) in [6.45, 7) is 6.54. The Balaban J connectivity index is 1.96. The lowest BCUT2D eigenvalue weighted by Gasteiger charge is -2.06. The van der Waals surface area contributed by atoms with Gasteiger partial charge in [0.2, 0.25) is 0 Å². The van der Waals surface area contributed by atoms with Gasteiger partial charge in [0.1, 0.15) is 0 Å². The van der Waals surface area contributed by atoms with E-state index in [4.69, 9.17) is 0 Å². The number of aliphatic imine (C=N–C) groups is 1. The third-order valence-electron chi connectivity index (χ3n) is 3.04. The monoisotopic (exact) mass is 213 g/mol. The Kier molecular flexibility index (Phi) is 3.23. The average Bonchev–Trinajstić information content (AvgIpc) is 2.70. The molecule has 0 fully saturated rings. The Bertz CT molecular complexity index is 421. The van der Waals surface area contributed by atoms with E-state index in [1.165, 1.54) is 22.4 Å². The molecule has 0 N–H and O–H groups in total. The second kappa shape index (κ2) is 4.65. The van der Waals surface area contributed by atoms with Crippen LogP contribution >= 0.6 is 0 Å². The highest BCUT2D eigenvalue weighted by molar-refractivity contribution is 5.90. The van der Waals surface area contributed by atoms with E-state index in [9.17, 15) is 0 Å². The van der Waals surface area contributed by atoms with Crippen LogP contribution in [0.5, 0.6) is 0 Å². The van der Waals surface area contributed by atoms with Crippen molar-refractivity contribution in [1.29, 1.82) is 0 Å². The predicted molar refractivity (Wildman–Crippen MR) is 69.9 cm³/mol. The first-order valence-corrected chi connectivity index (χ1v) is 5.95. The first-order valence-electron chi connectivity index (χ1n) is 5.95. The number of benzene rings is 1. The maximum atomic E-state index is 4.48. The Hall–Kier alpha value is -1.37. The molecule has 1 aliphatic heterocycles. The number of aryl methyl sites for hydroxylation is 1. The molecule has 0 aromatic heterocycles. The molecule has 1 heterocycles. The van der Waals surface area contributed by atoms with Crippen molar-refractivity contribution < 1.29 is 0 Å². The van der Waals surface area contributed by atoms with Gasteiger partial charge in [0.05, 0.1) is 0 Å².